The molecule has 1 aliphatic rings. The number of allylic oxidation sites excluding steroid dienone is 1. The molecule has 0 bridgehead atoms. The summed E-state index contributed by atoms with van der Waals surface area (Å²) >= 11 is 0. The lowest BCUT2D eigenvalue weighted by Gasteiger charge is -2.08. The van der Waals surface area contributed by atoms with Crippen molar-refractivity contribution in [3.63, 3.8) is 0 Å². The summed E-state index contributed by atoms with van der Waals surface area (Å²) in [6, 6.07) is 14.1. The van der Waals surface area contributed by atoms with Crippen molar-refractivity contribution in [2.24, 2.45) is 10.9 Å². The molecule has 26 heavy (non-hydrogen) atoms. The van der Waals surface area contributed by atoms with E-state index in [1.165, 1.54) is 5.56 Å². The normalized spacial score (nSPS) is 16.8. The van der Waals surface area contributed by atoms with Crippen LogP contribution in [-0.2, 0) is 6.42 Å². The third-order valence-electron chi connectivity index (χ3n) is 4.50. The predicted octanol–water partition coefficient (Wildman–Crippen LogP) is 4.60. The summed E-state index contributed by atoms with van der Waals surface area (Å²) in [5, 5.41) is 0. The predicted molar refractivity (Wildman–Crippen MR) is 105 cm³/mol. The molecule has 128 valence electrons. The highest BCUT2D eigenvalue weighted by Gasteiger charge is 2.12. The van der Waals surface area contributed by atoms with Crippen molar-refractivity contribution in [1.82, 2.24) is 15.0 Å². The van der Waals surface area contributed by atoms with Gasteiger partial charge in [-0.15, -0.1) is 0 Å². The second kappa shape index (κ2) is 7.83. The van der Waals surface area contributed by atoms with Gasteiger partial charge in [0, 0.05) is 42.1 Å². The molecule has 1 atom stereocenters. The summed E-state index contributed by atoms with van der Waals surface area (Å²) in [5.74, 6) is 1.17. The fraction of sp³-hybridized carbons (Fsp3) is 0.182. The van der Waals surface area contributed by atoms with Gasteiger partial charge in [-0.25, -0.2) is 9.97 Å². The largest absolute Gasteiger partial charge is 0.264 e. The number of rotatable bonds is 4. The number of hydrogen-bond acceptors (Lipinski definition) is 4. The maximum atomic E-state index is 4.71. The topological polar surface area (TPSA) is 51.0 Å². The third kappa shape index (κ3) is 3.91. The number of pyridine rings is 1. The number of aliphatic imine (C=N–C) groups is 1. The minimum absolute atomic E-state index is 0.428. The van der Waals surface area contributed by atoms with Crippen molar-refractivity contribution < 1.29 is 0 Å². The molecule has 0 aliphatic carbocycles. The van der Waals surface area contributed by atoms with Crippen LogP contribution in [0.1, 0.15) is 24.0 Å². The molecule has 0 radical (unpaired) electrons. The van der Waals surface area contributed by atoms with Crippen molar-refractivity contribution in [2.75, 3.05) is 0 Å². The van der Waals surface area contributed by atoms with E-state index in [-0.39, 0.29) is 0 Å². The van der Waals surface area contributed by atoms with Crippen LogP contribution in [0.2, 0.25) is 0 Å². The van der Waals surface area contributed by atoms with Crippen molar-refractivity contribution in [2.45, 2.75) is 19.3 Å². The van der Waals surface area contributed by atoms with Crippen LogP contribution in [0.3, 0.4) is 0 Å². The van der Waals surface area contributed by atoms with Gasteiger partial charge in [0.1, 0.15) is 0 Å². The molecule has 0 saturated carbocycles. The highest BCUT2D eigenvalue weighted by Crippen LogP contribution is 2.23. The highest BCUT2D eigenvalue weighted by atomic mass is 14.9. The summed E-state index contributed by atoms with van der Waals surface area (Å²) < 4.78 is 0. The summed E-state index contributed by atoms with van der Waals surface area (Å²) in [6.45, 7) is 0. The van der Waals surface area contributed by atoms with Gasteiger partial charge in [-0.05, 0) is 36.8 Å². The van der Waals surface area contributed by atoms with Crippen molar-refractivity contribution in [3.05, 3.63) is 84.5 Å². The van der Waals surface area contributed by atoms with Gasteiger partial charge in [-0.1, -0.05) is 42.5 Å². The lowest BCUT2D eigenvalue weighted by molar-refractivity contribution is 0.643. The average molecular weight is 340 g/mol. The Morgan fingerprint density at radius 2 is 1.73 bits per heavy atom. The Morgan fingerprint density at radius 3 is 2.50 bits per heavy atom. The van der Waals surface area contributed by atoms with Crippen molar-refractivity contribution in [3.8, 4) is 11.4 Å². The number of hydrogen-bond donors (Lipinski definition) is 0. The molecule has 1 unspecified atom stereocenters. The number of nitrogens with zero attached hydrogens (tertiary/aromatic N) is 4. The van der Waals surface area contributed by atoms with Gasteiger partial charge in [-0.3, -0.25) is 9.98 Å². The number of aromatic nitrogens is 3. The summed E-state index contributed by atoms with van der Waals surface area (Å²) in [7, 11) is 0. The van der Waals surface area contributed by atoms with E-state index >= 15 is 0 Å². The quantitative estimate of drug-likeness (QED) is 0.697. The van der Waals surface area contributed by atoms with E-state index in [0.29, 0.717) is 5.92 Å². The molecule has 3 heterocycles. The van der Waals surface area contributed by atoms with Gasteiger partial charge in [0.25, 0.3) is 0 Å². The van der Waals surface area contributed by atoms with Gasteiger partial charge in [0.05, 0.1) is 5.70 Å². The zero-order valence-electron chi connectivity index (χ0n) is 14.5. The van der Waals surface area contributed by atoms with E-state index in [1.54, 1.807) is 0 Å². The van der Waals surface area contributed by atoms with Crippen LogP contribution in [0.25, 0.3) is 17.1 Å². The van der Waals surface area contributed by atoms with Crippen LogP contribution in [-0.4, -0.2) is 21.2 Å². The molecule has 0 saturated heterocycles. The first kappa shape index (κ1) is 16.3. The Balaban J connectivity index is 1.47. The Morgan fingerprint density at radius 1 is 0.885 bits per heavy atom. The Bertz CT molecular complexity index is 900. The maximum absolute atomic E-state index is 4.71. The van der Waals surface area contributed by atoms with Gasteiger partial charge < -0.3 is 0 Å². The molecule has 1 aliphatic heterocycles. The Labute approximate surface area is 153 Å². The fourth-order valence-electron chi connectivity index (χ4n) is 3.11. The lowest BCUT2D eigenvalue weighted by Crippen LogP contribution is -2.05. The second-order valence-electron chi connectivity index (χ2n) is 6.43. The first-order chi connectivity index (χ1) is 12.9. The summed E-state index contributed by atoms with van der Waals surface area (Å²) in [4.78, 5) is 17.9. The standard InChI is InChI=1S/C22H20N4/c1-2-8-19(9-3-1)22-25-15-20(16-26-22)21-10-4-6-18(14-24-21)12-17-7-5-11-23-13-17/h1-3,5,7-11,13-16,18H,4,6,12H2. The highest BCUT2D eigenvalue weighted by molar-refractivity contribution is 5.76. The molecule has 1 aromatic carbocycles. The summed E-state index contributed by atoms with van der Waals surface area (Å²) in [6.07, 6.45) is 14.8. The SMILES string of the molecule is C1=NC(c2cnc(-c3ccccc3)nc2)=CCCC1Cc1cccnc1. The second-order valence-corrected chi connectivity index (χ2v) is 6.43. The first-order valence-corrected chi connectivity index (χ1v) is 8.89. The van der Waals surface area contributed by atoms with Gasteiger partial charge in [0.15, 0.2) is 5.82 Å². The molecule has 4 rings (SSSR count). The Kier molecular flexibility index (Phi) is 4.92. The first-order valence-electron chi connectivity index (χ1n) is 8.89. The fourth-order valence-corrected chi connectivity index (χ4v) is 3.11. The van der Waals surface area contributed by atoms with E-state index in [2.05, 4.69) is 33.3 Å². The van der Waals surface area contributed by atoms with Crippen LogP contribution in [0.4, 0.5) is 0 Å². The molecule has 0 fully saturated rings. The minimum atomic E-state index is 0.428. The molecule has 3 aromatic rings. The van der Waals surface area contributed by atoms with Crippen molar-refractivity contribution >= 4 is 11.9 Å². The van der Waals surface area contributed by atoms with Gasteiger partial charge in [-0.2, -0.15) is 0 Å². The van der Waals surface area contributed by atoms with E-state index in [0.717, 1.165) is 41.9 Å². The monoisotopic (exact) mass is 340 g/mol. The summed E-state index contributed by atoms with van der Waals surface area (Å²) in [5.41, 5.74) is 4.19. The molecule has 0 N–H and O–H groups in total. The van der Waals surface area contributed by atoms with Crippen LogP contribution >= 0.6 is 0 Å². The molecular weight excluding hydrogens is 320 g/mol. The van der Waals surface area contributed by atoms with Crippen LogP contribution < -0.4 is 0 Å². The zero-order chi connectivity index (χ0) is 17.6. The molecule has 2 aromatic heterocycles. The zero-order valence-corrected chi connectivity index (χ0v) is 14.5. The van der Waals surface area contributed by atoms with Crippen LogP contribution in [0.5, 0.6) is 0 Å². The van der Waals surface area contributed by atoms with E-state index in [9.17, 15) is 0 Å². The third-order valence-corrected chi connectivity index (χ3v) is 4.50. The van der Waals surface area contributed by atoms with E-state index in [4.69, 9.17) is 4.99 Å². The van der Waals surface area contributed by atoms with Gasteiger partial charge >= 0.3 is 0 Å². The van der Waals surface area contributed by atoms with Crippen LogP contribution in [0.15, 0.2) is 78.3 Å². The maximum Gasteiger partial charge on any atom is 0.159 e. The molecular formula is C22H20N4. The number of benzene rings is 1. The van der Waals surface area contributed by atoms with E-state index < -0.39 is 0 Å². The average Bonchev–Trinajstić information content (AvgIpc) is 2.95. The lowest BCUT2D eigenvalue weighted by atomic mass is 9.97. The van der Waals surface area contributed by atoms with Crippen LogP contribution in [0, 0.1) is 5.92 Å². The van der Waals surface area contributed by atoms with Gasteiger partial charge in [0.2, 0.25) is 0 Å². The minimum Gasteiger partial charge on any atom is -0.264 e. The molecule has 0 spiro atoms. The Hall–Kier alpha value is -3.14. The molecule has 0 amide bonds. The smallest absolute Gasteiger partial charge is 0.159 e. The van der Waals surface area contributed by atoms with E-state index in [1.807, 2.05) is 61.2 Å². The molecule has 4 nitrogen and oxygen atoms in total. The van der Waals surface area contributed by atoms with Crippen molar-refractivity contribution in [1.29, 1.82) is 0 Å². The molecule has 4 heteroatoms.